The van der Waals surface area contributed by atoms with Crippen LogP contribution in [0.15, 0.2) is 66.7 Å². The molecule has 3 aromatic carbocycles. The highest BCUT2D eigenvalue weighted by Crippen LogP contribution is 2.09. The molecule has 0 fully saturated rings. The van der Waals surface area contributed by atoms with Gasteiger partial charge in [0.15, 0.2) is 8.80 Å². The highest BCUT2D eigenvalue weighted by atomic mass is 35.5. The maximum Gasteiger partial charge on any atom is 0.156 e. The molecule has 0 aromatic heterocycles. The Morgan fingerprint density at radius 2 is 1.38 bits per heavy atom. The van der Waals surface area contributed by atoms with Crippen LogP contribution >= 0.6 is 11.6 Å². The van der Waals surface area contributed by atoms with Crippen LogP contribution in [0.3, 0.4) is 0 Å². The summed E-state index contributed by atoms with van der Waals surface area (Å²) in [5, 5.41) is 6.49. The fourth-order valence-corrected chi connectivity index (χ4v) is 7.75. The molecule has 1 radical (unpaired) electrons. The van der Waals surface area contributed by atoms with Crippen LogP contribution in [0, 0.1) is 13.8 Å². The summed E-state index contributed by atoms with van der Waals surface area (Å²) < 4.78 is 0. The van der Waals surface area contributed by atoms with Crippen LogP contribution < -0.4 is 20.7 Å². The van der Waals surface area contributed by atoms with Crippen molar-refractivity contribution < 1.29 is 0 Å². The number of aryl methyl sites for hydroxylation is 2. The lowest BCUT2D eigenvalue weighted by Crippen LogP contribution is -2.54. The first kappa shape index (κ1) is 19.2. The lowest BCUT2D eigenvalue weighted by molar-refractivity contribution is 1.48. The Morgan fingerprint density at radius 3 is 2.00 bits per heavy atom. The molecular weight excluding hydrogens is 368 g/mol. The van der Waals surface area contributed by atoms with Crippen LogP contribution in [0.25, 0.3) is 0 Å². The Bertz CT molecular complexity index is 908. The summed E-state index contributed by atoms with van der Waals surface area (Å²) in [6.45, 7) is 11.6. The number of benzene rings is 3. The maximum atomic E-state index is 6.65. The second kappa shape index (κ2) is 7.55. The average Bonchev–Trinajstić information content (AvgIpc) is 2.57. The van der Waals surface area contributed by atoms with Crippen LogP contribution in [0.4, 0.5) is 0 Å². The number of halogens is 1. The highest BCUT2D eigenvalue weighted by Gasteiger charge is 2.25. The van der Waals surface area contributed by atoms with Crippen LogP contribution in [0.2, 0.25) is 24.7 Å². The number of hydrogen-bond donors (Lipinski definition) is 0. The van der Waals surface area contributed by atoms with Crippen LogP contribution in [0.1, 0.15) is 11.1 Å². The predicted molar refractivity (Wildman–Crippen MR) is 121 cm³/mol. The second-order valence-electron chi connectivity index (χ2n) is 8.06. The van der Waals surface area contributed by atoms with Crippen molar-refractivity contribution >= 4 is 49.2 Å². The van der Waals surface area contributed by atoms with Crippen molar-refractivity contribution in [3.05, 3.63) is 82.9 Å². The third-order valence-electron chi connectivity index (χ3n) is 4.72. The summed E-state index contributed by atoms with van der Waals surface area (Å²) in [5.74, 6) is 0. The van der Waals surface area contributed by atoms with Gasteiger partial charge in [0.1, 0.15) is 0 Å². The summed E-state index contributed by atoms with van der Waals surface area (Å²) in [6.07, 6.45) is 0. The van der Waals surface area contributed by atoms with Gasteiger partial charge in [-0.2, -0.15) is 0 Å². The number of hydrogen-bond acceptors (Lipinski definition) is 0. The molecule has 0 saturated heterocycles. The van der Waals surface area contributed by atoms with Gasteiger partial charge in [0.25, 0.3) is 0 Å². The minimum atomic E-state index is -1.38. The van der Waals surface area contributed by atoms with Gasteiger partial charge in [-0.05, 0) is 25.1 Å². The van der Waals surface area contributed by atoms with Crippen molar-refractivity contribution in [2.45, 2.75) is 33.5 Å². The molecule has 0 bridgehead atoms. The van der Waals surface area contributed by atoms with Crippen molar-refractivity contribution in [2.75, 3.05) is 0 Å². The first-order chi connectivity index (χ1) is 12.3. The Morgan fingerprint density at radius 1 is 0.731 bits per heavy atom. The van der Waals surface area contributed by atoms with Gasteiger partial charge in [0, 0.05) is 5.02 Å². The summed E-state index contributed by atoms with van der Waals surface area (Å²) in [7, 11) is -2.52. The Hall–Kier alpha value is -1.62. The van der Waals surface area contributed by atoms with Crippen LogP contribution in [0.5, 0.6) is 0 Å². The van der Waals surface area contributed by atoms with Gasteiger partial charge in [0.05, 0.1) is 8.07 Å². The van der Waals surface area contributed by atoms with Gasteiger partial charge in [-0.3, -0.25) is 0 Å². The molecule has 0 N–H and O–H groups in total. The molecule has 3 heteroatoms. The van der Waals surface area contributed by atoms with Gasteiger partial charge in [-0.15, -0.1) is 0 Å². The number of rotatable bonds is 4. The van der Waals surface area contributed by atoms with E-state index in [2.05, 4.69) is 88.1 Å². The van der Waals surface area contributed by atoms with Crippen molar-refractivity contribution in [1.29, 1.82) is 0 Å². The molecule has 0 spiro atoms. The van der Waals surface area contributed by atoms with E-state index >= 15 is 0 Å². The molecule has 0 unspecified atom stereocenters. The molecule has 0 aliphatic heterocycles. The predicted octanol–water partition coefficient (Wildman–Crippen LogP) is 4.02. The van der Waals surface area contributed by atoms with E-state index in [1.54, 1.807) is 0 Å². The highest BCUT2D eigenvalue weighted by molar-refractivity contribution is 6.97. The van der Waals surface area contributed by atoms with Crippen LogP contribution in [-0.2, 0) is 0 Å². The molecule has 0 amide bonds. The van der Waals surface area contributed by atoms with E-state index in [9.17, 15) is 0 Å². The van der Waals surface area contributed by atoms with Gasteiger partial charge in [0.2, 0.25) is 0 Å². The Labute approximate surface area is 165 Å². The Kier molecular flexibility index (Phi) is 5.56. The molecular formula is C23H26ClSi2. The van der Waals surface area contributed by atoms with E-state index in [4.69, 9.17) is 11.6 Å². The van der Waals surface area contributed by atoms with E-state index < -0.39 is 16.9 Å². The first-order valence-electron chi connectivity index (χ1n) is 9.07. The van der Waals surface area contributed by atoms with Gasteiger partial charge >= 0.3 is 0 Å². The molecule has 0 saturated carbocycles. The zero-order valence-electron chi connectivity index (χ0n) is 16.2. The molecule has 0 nitrogen and oxygen atoms in total. The third kappa shape index (κ3) is 4.20. The zero-order valence-corrected chi connectivity index (χ0v) is 19.0. The minimum Gasteiger partial charge on any atom is -0.0845 e. The molecule has 0 aliphatic carbocycles. The SMILES string of the molecule is Cc1ccc([Si](c2cc(C)cc([Si](C)(C)C)c2)c2ccccc2Cl)cc1. The van der Waals surface area contributed by atoms with Crippen molar-refractivity contribution in [1.82, 2.24) is 0 Å². The molecule has 0 atom stereocenters. The van der Waals surface area contributed by atoms with Gasteiger partial charge in [-0.1, -0.05) is 119 Å². The monoisotopic (exact) mass is 393 g/mol. The minimum absolute atomic E-state index is 0.873. The summed E-state index contributed by atoms with van der Waals surface area (Å²) >= 11 is 6.65. The molecule has 3 rings (SSSR count). The van der Waals surface area contributed by atoms with Crippen LogP contribution in [-0.4, -0.2) is 16.9 Å². The fourth-order valence-electron chi connectivity index (χ4n) is 3.22. The van der Waals surface area contributed by atoms with Crippen molar-refractivity contribution in [3.8, 4) is 0 Å². The third-order valence-corrected chi connectivity index (χ3v) is 9.98. The molecule has 0 aliphatic rings. The smallest absolute Gasteiger partial charge is 0.0845 e. The maximum absolute atomic E-state index is 6.65. The summed E-state index contributed by atoms with van der Waals surface area (Å²) in [4.78, 5) is 0. The Balaban J connectivity index is 2.23. The lowest BCUT2D eigenvalue weighted by Gasteiger charge is -2.23. The summed E-state index contributed by atoms with van der Waals surface area (Å²) in [5.41, 5.74) is 2.64. The van der Waals surface area contributed by atoms with Crippen molar-refractivity contribution in [2.24, 2.45) is 0 Å². The largest absolute Gasteiger partial charge is 0.156 e. The topological polar surface area (TPSA) is 0 Å². The van der Waals surface area contributed by atoms with E-state index in [0.29, 0.717) is 0 Å². The van der Waals surface area contributed by atoms with E-state index in [1.165, 1.54) is 31.9 Å². The van der Waals surface area contributed by atoms with E-state index in [-0.39, 0.29) is 0 Å². The van der Waals surface area contributed by atoms with Gasteiger partial charge < -0.3 is 0 Å². The average molecular weight is 394 g/mol. The standard InChI is InChI=1S/C23H26ClSi2/c1-17-10-12-19(13-11-17)25(23-9-7-6-8-22(23)24)20-14-18(2)15-21(16-20)26(3,4)5/h6-16H,1-5H3. The second-order valence-corrected chi connectivity index (χ2v) is 16.0. The van der Waals surface area contributed by atoms with E-state index in [1.807, 2.05) is 12.1 Å². The normalized spacial score (nSPS) is 11.8. The fraction of sp³-hybridized carbons (Fsp3) is 0.217. The van der Waals surface area contributed by atoms with Gasteiger partial charge in [-0.25, -0.2) is 0 Å². The lowest BCUT2D eigenvalue weighted by atomic mass is 10.2. The quantitative estimate of drug-likeness (QED) is 0.464. The molecule has 0 heterocycles. The van der Waals surface area contributed by atoms with Crippen molar-refractivity contribution in [3.63, 3.8) is 0 Å². The molecule has 3 aromatic rings. The molecule has 133 valence electrons. The first-order valence-corrected chi connectivity index (χ1v) is 14.4. The van der Waals surface area contributed by atoms with E-state index in [0.717, 1.165) is 5.02 Å². The molecule has 26 heavy (non-hydrogen) atoms. The zero-order chi connectivity index (χ0) is 18.9. The summed E-state index contributed by atoms with van der Waals surface area (Å²) in [6, 6.07) is 24.5.